The molecule has 8 nitrogen and oxygen atoms in total. The number of ether oxygens (including phenoxy) is 2. The number of nitrogens with zero attached hydrogens (tertiary/aromatic N) is 2. The quantitative estimate of drug-likeness (QED) is 0.222. The molecule has 1 aromatic carbocycles. The molecule has 0 unspecified atom stereocenters. The minimum Gasteiger partial charge on any atom is -0.508 e. The molecule has 7 heterocycles. The Morgan fingerprint density at radius 3 is 2.52 bits per heavy atom. The Bertz CT molecular complexity index is 2760. The number of nitrogens with two attached hydrogens (primary N) is 1. The van der Waals surface area contributed by atoms with E-state index >= 15 is 9.59 Å². The van der Waals surface area contributed by atoms with Crippen LogP contribution >= 0.6 is 0 Å². The number of carbonyl (C=O) groups excluding carboxylic acids is 2. The zero-order valence-corrected chi connectivity index (χ0v) is 44.1. The van der Waals surface area contributed by atoms with Crippen LogP contribution in [0.5, 0.6) is 0 Å². The van der Waals surface area contributed by atoms with Crippen molar-refractivity contribution in [3.63, 3.8) is 0 Å². The number of rotatable bonds is 5. The molecule has 73 heavy (non-hydrogen) atoms. The van der Waals surface area contributed by atoms with E-state index in [1.54, 1.807) is 22.4 Å². The lowest BCUT2D eigenvalue weighted by Gasteiger charge is -2.74. The first-order chi connectivity index (χ1) is 35.7. The van der Waals surface area contributed by atoms with Gasteiger partial charge in [-0.15, -0.1) is 0 Å². The maximum absolute atomic E-state index is 16.9. The van der Waals surface area contributed by atoms with E-state index in [2.05, 4.69) is 41.0 Å². The molecule has 3 N–H and O–H groups in total. The molecule has 5 saturated carbocycles. The molecule has 16 atom stereocenters. The monoisotopic (exact) mass is 986 g/mol. The van der Waals surface area contributed by atoms with Gasteiger partial charge in [0.1, 0.15) is 11.2 Å². The van der Waals surface area contributed by atoms with Gasteiger partial charge in [-0.1, -0.05) is 86.4 Å². The molecule has 4 saturated heterocycles. The van der Waals surface area contributed by atoms with Gasteiger partial charge < -0.3 is 25.2 Å². The van der Waals surface area contributed by atoms with Crippen molar-refractivity contribution >= 4 is 11.9 Å². The molecular formula is C65H83N3O5. The molecule has 7 aliphatic heterocycles. The van der Waals surface area contributed by atoms with Crippen molar-refractivity contribution in [3.05, 3.63) is 80.5 Å². The molecule has 8 heteroatoms. The fourth-order valence-corrected chi connectivity index (χ4v) is 24.4. The van der Waals surface area contributed by atoms with Gasteiger partial charge >= 0.3 is 11.9 Å². The van der Waals surface area contributed by atoms with Crippen LogP contribution in [0.1, 0.15) is 195 Å². The number of benzene rings is 1. The van der Waals surface area contributed by atoms with Gasteiger partial charge in [0.05, 0.1) is 11.0 Å². The second kappa shape index (κ2) is 15.2. The summed E-state index contributed by atoms with van der Waals surface area (Å²) in [6.07, 6.45) is 34.1. The first-order valence-corrected chi connectivity index (χ1v) is 31.1. The van der Waals surface area contributed by atoms with E-state index in [1.165, 1.54) is 128 Å². The second-order valence-corrected chi connectivity index (χ2v) is 28.7. The van der Waals surface area contributed by atoms with Crippen molar-refractivity contribution in [1.29, 1.82) is 0 Å². The number of fused-ring (bicyclic) bond motifs is 8. The largest absolute Gasteiger partial charge is 0.508 e. The summed E-state index contributed by atoms with van der Waals surface area (Å²) in [5, 5.41) is 14.3. The van der Waals surface area contributed by atoms with Crippen molar-refractivity contribution in [2.45, 2.75) is 204 Å². The lowest BCUT2D eigenvalue weighted by molar-refractivity contribution is -0.284. The molecule has 5 spiro atoms. The number of carbonyl (C=O) groups is 2. The minimum atomic E-state index is -1.13. The number of esters is 2. The average molecular weight is 986 g/mol. The first-order valence-electron chi connectivity index (χ1n) is 31.1. The Morgan fingerprint density at radius 1 is 0.822 bits per heavy atom. The maximum Gasteiger partial charge on any atom is 0.339 e. The van der Waals surface area contributed by atoms with E-state index in [0.29, 0.717) is 95.4 Å². The standard InChI is InChI=1S/C65H83N3O5/c1-36-28-40-16-18-49-43-30-44-35-68(49)56(40)54-45-21-26-63-58(57(69)46-17-19-50(44)67(34-43)55(46)41-13-8-24-61(32-41)22-5-6-23-61)72-60(71)64(63)51(65(63)48-15-7-12-38(14-9-27-66)52(48)59(70)73-65)31-42(37-10-3-2-4-11-37)29-39-20-25-62(36,54)33-47(39)53(45)64/h7,12,15,29,36-37,41-44,46-47,49-51,54-55,69H,2-6,8-11,13-14,16-28,30-35,66H2,1H3/b39-29?,58-57+/t36-,41+,42+,43-,44+,46+,47+,49+,50+,51-,54+,55-,62+,63+,64+,65+/m0/s1. The Morgan fingerprint density at radius 2 is 1.66 bits per heavy atom. The summed E-state index contributed by atoms with van der Waals surface area (Å²) in [6.45, 7) is 5.52. The summed E-state index contributed by atoms with van der Waals surface area (Å²) in [5.41, 5.74) is 14.5. The molecule has 0 radical (unpaired) electrons. The minimum absolute atomic E-state index is 0.107. The highest BCUT2D eigenvalue weighted by atomic mass is 16.6. The third kappa shape index (κ3) is 5.22. The predicted octanol–water partition coefficient (Wildman–Crippen LogP) is 12.5. The highest BCUT2D eigenvalue weighted by Gasteiger charge is 2.94. The van der Waals surface area contributed by atoms with Crippen LogP contribution in [0.4, 0.5) is 0 Å². The van der Waals surface area contributed by atoms with Gasteiger partial charge in [-0.25, -0.2) is 4.79 Å². The van der Waals surface area contributed by atoms with Crippen molar-refractivity contribution < 1.29 is 24.2 Å². The van der Waals surface area contributed by atoms with Crippen LogP contribution in [0.3, 0.4) is 0 Å². The highest BCUT2D eigenvalue weighted by Crippen LogP contribution is 2.89. The summed E-state index contributed by atoms with van der Waals surface area (Å²) >= 11 is 0. The van der Waals surface area contributed by atoms with E-state index in [9.17, 15) is 5.11 Å². The number of piperidine rings is 3. The van der Waals surface area contributed by atoms with Crippen molar-refractivity contribution in [1.82, 2.24) is 9.80 Å². The zero-order valence-electron chi connectivity index (χ0n) is 44.1. The van der Waals surface area contributed by atoms with Gasteiger partial charge in [0.2, 0.25) is 0 Å². The van der Waals surface area contributed by atoms with Crippen molar-refractivity contribution in [3.8, 4) is 0 Å². The Kier molecular flexibility index (Phi) is 9.33. The Hall–Kier alpha value is -3.36. The molecule has 0 aromatic heterocycles. The fourth-order valence-electron chi connectivity index (χ4n) is 24.4. The number of aryl methyl sites for hydroxylation is 1. The fraction of sp³-hybridized carbons (Fsp3) is 0.754. The van der Waals surface area contributed by atoms with E-state index in [-0.39, 0.29) is 41.1 Å². The first kappa shape index (κ1) is 44.7. The summed E-state index contributed by atoms with van der Waals surface area (Å²) in [7, 11) is 0. The summed E-state index contributed by atoms with van der Waals surface area (Å²) in [5.74, 6) is 3.84. The topological polar surface area (TPSA) is 105 Å². The lowest BCUT2D eigenvalue weighted by Crippen LogP contribution is -2.78. The van der Waals surface area contributed by atoms with E-state index < -0.39 is 16.4 Å². The van der Waals surface area contributed by atoms with Gasteiger partial charge in [0.25, 0.3) is 0 Å². The van der Waals surface area contributed by atoms with Crippen LogP contribution in [0.15, 0.2) is 63.8 Å². The van der Waals surface area contributed by atoms with Gasteiger partial charge in [0, 0.05) is 66.1 Å². The number of hydrogen-bond donors (Lipinski definition) is 2. The van der Waals surface area contributed by atoms with Crippen LogP contribution < -0.4 is 5.73 Å². The molecule has 1 aromatic rings. The smallest absolute Gasteiger partial charge is 0.339 e. The van der Waals surface area contributed by atoms with Crippen LogP contribution in [-0.4, -0.2) is 64.6 Å². The second-order valence-electron chi connectivity index (χ2n) is 28.7. The average Bonchev–Trinajstić information content (AvgIpc) is 4.17. The summed E-state index contributed by atoms with van der Waals surface area (Å²) < 4.78 is 15.0. The van der Waals surface area contributed by atoms with Crippen LogP contribution in [0.2, 0.25) is 0 Å². The van der Waals surface area contributed by atoms with Gasteiger partial charge in [-0.3, -0.25) is 9.69 Å². The lowest BCUT2D eigenvalue weighted by atomic mass is 9.26. The Balaban J connectivity index is 0.970. The predicted molar refractivity (Wildman–Crippen MR) is 279 cm³/mol. The number of aliphatic hydroxyl groups is 1. The molecule has 9 bridgehead atoms. The molecule has 16 aliphatic rings. The van der Waals surface area contributed by atoms with Gasteiger partial charge in [-0.2, -0.15) is 0 Å². The summed E-state index contributed by atoms with van der Waals surface area (Å²) in [4.78, 5) is 38.5. The molecular weight excluding hydrogens is 903 g/mol. The number of allylic oxidation sites excluding steroid dienone is 4. The molecule has 9 fully saturated rings. The highest BCUT2D eigenvalue weighted by molar-refractivity contribution is 6.00. The Labute approximate surface area is 434 Å². The van der Waals surface area contributed by atoms with Crippen molar-refractivity contribution in [2.75, 3.05) is 19.6 Å². The van der Waals surface area contributed by atoms with E-state index in [0.717, 1.165) is 62.6 Å². The molecule has 388 valence electrons. The van der Waals surface area contributed by atoms with E-state index in [4.69, 9.17) is 15.2 Å². The normalized spacial score (nSPS) is 48.2. The molecule has 17 rings (SSSR count). The zero-order chi connectivity index (χ0) is 48.5. The maximum atomic E-state index is 16.9. The number of hydrogen-bond acceptors (Lipinski definition) is 8. The van der Waals surface area contributed by atoms with Crippen LogP contribution in [0.25, 0.3) is 0 Å². The van der Waals surface area contributed by atoms with Gasteiger partial charge in [0.15, 0.2) is 11.4 Å². The van der Waals surface area contributed by atoms with Crippen LogP contribution in [0, 0.1) is 80.8 Å². The SMILES string of the molecule is C[C@H]1CC2=C3[C@H]4C5=C6[C@@H]7C[C@@]41CCC7=C[C@@H](C1CCCCC1)C[C@H]1[C@]64C(=O)O/C(=C(/O)[C@@H]6CC[C@@H]7[C@@H]8C[C@@H](CN7[C@H]6[C@@H]6CCCC7(CCCC7)C6)[C@@H](CC2)N3C8)[C@@]4(CC5)[C@]12OC(=O)c1c(CCCN)cccc12. The summed E-state index contributed by atoms with van der Waals surface area (Å²) in [6, 6.07) is 7.82. The molecule has 9 aliphatic carbocycles. The third-order valence-electron chi connectivity index (χ3n) is 26.7. The van der Waals surface area contributed by atoms with E-state index in [1.807, 2.05) is 0 Å². The van der Waals surface area contributed by atoms with Crippen LogP contribution in [-0.2, 0) is 26.3 Å². The number of aliphatic hydroxyl groups excluding tert-OH is 1. The molecule has 0 amide bonds. The third-order valence-corrected chi connectivity index (χ3v) is 26.7. The van der Waals surface area contributed by atoms with Gasteiger partial charge in [-0.05, 0) is 199 Å². The van der Waals surface area contributed by atoms with Crippen molar-refractivity contribution in [2.24, 2.45) is 86.6 Å².